The Balaban J connectivity index is 1.76. The average molecular weight is 291 g/mol. The van der Waals surface area contributed by atoms with Crippen LogP contribution in [-0.2, 0) is 0 Å². The number of methoxy groups -OCH3 is 1. The smallest absolute Gasteiger partial charge is 0.124 e. The van der Waals surface area contributed by atoms with E-state index in [0.717, 1.165) is 24.3 Å². The summed E-state index contributed by atoms with van der Waals surface area (Å²) in [6.07, 6.45) is 9.68. The minimum atomic E-state index is -0.456. The third-order valence-corrected chi connectivity index (χ3v) is 4.45. The van der Waals surface area contributed by atoms with Crippen molar-refractivity contribution in [3.05, 3.63) is 29.8 Å². The van der Waals surface area contributed by atoms with Gasteiger partial charge in [-0.3, -0.25) is 0 Å². The van der Waals surface area contributed by atoms with Crippen molar-refractivity contribution in [3.8, 4) is 5.75 Å². The molecular weight excluding hydrogens is 262 g/mol. The normalized spacial score (nSPS) is 18.8. The molecule has 0 heterocycles. The molecule has 1 saturated carbocycles. The Hall–Kier alpha value is -1.06. The van der Waals surface area contributed by atoms with Gasteiger partial charge < -0.3 is 15.2 Å². The number of benzene rings is 1. The van der Waals surface area contributed by atoms with Crippen molar-refractivity contribution in [2.24, 2.45) is 0 Å². The highest BCUT2D eigenvalue weighted by atomic mass is 16.5. The van der Waals surface area contributed by atoms with E-state index in [2.05, 4.69) is 5.32 Å². The minimum absolute atomic E-state index is 0.456. The maximum atomic E-state index is 10.3. The van der Waals surface area contributed by atoms with Crippen LogP contribution in [0.2, 0.25) is 0 Å². The first-order chi connectivity index (χ1) is 10.3. The monoisotopic (exact) mass is 291 g/mol. The van der Waals surface area contributed by atoms with Crippen LogP contribution < -0.4 is 10.1 Å². The van der Waals surface area contributed by atoms with E-state index in [9.17, 15) is 5.11 Å². The Morgan fingerprint density at radius 2 is 1.81 bits per heavy atom. The maximum Gasteiger partial charge on any atom is 0.124 e. The van der Waals surface area contributed by atoms with E-state index >= 15 is 0 Å². The van der Waals surface area contributed by atoms with E-state index in [4.69, 9.17) is 4.74 Å². The molecule has 0 amide bonds. The first-order valence-electron chi connectivity index (χ1n) is 8.35. The van der Waals surface area contributed by atoms with Crippen LogP contribution in [0, 0.1) is 0 Å². The second kappa shape index (κ2) is 9.06. The molecule has 1 aliphatic carbocycles. The van der Waals surface area contributed by atoms with Crippen LogP contribution >= 0.6 is 0 Å². The molecular formula is C18H29NO2. The lowest BCUT2D eigenvalue weighted by atomic mass is 9.96. The summed E-state index contributed by atoms with van der Waals surface area (Å²) < 4.78 is 5.31. The van der Waals surface area contributed by atoms with Crippen molar-refractivity contribution in [1.29, 1.82) is 0 Å². The predicted octanol–water partition coefficient (Wildman–Crippen LogP) is 3.82. The van der Waals surface area contributed by atoms with Gasteiger partial charge in [-0.1, -0.05) is 50.3 Å². The number of para-hydroxylation sites is 1. The lowest BCUT2D eigenvalue weighted by molar-refractivity contribution is 0.160. The number of aliphatic hydroxyl groups is 1. The molecule has 0 aliphatic heterocycles. The predicted molar refractivity (Wildman–Crippen MR) is 86.7 cm³/mol. The molecule has 0 bridgehead atoms. The van der Waals surface area contributed by atoms with Crippen LogP contribution in [0.4, 0.5) is 0 Å². The zero-order chi connectivity index (χ0) is 14.9. The van der Waals surface area contributed by atoms with Gasteiger partial charge in [-0.25, -0.2) is 0 Å². The molecule has 0 radical (unpaired) electrons. The molecule has 1 unspecified atom stereocenters. The molecule has 3 nitrogen and oxygen atoms in total. The summed E-state index contributed by atoms with van der Waals surface area (Å²) in [6, 6.07) is 8.36. The zero-order valence-electron chi connectivity index (χ0n) is 13.2. The standard InChI is InChI=1S/C18H29NO2/c1-21-18-12-8-7-11-16(18)17(20)13-14-19-15-9-5-3-2-4-6-10-15/h7-8,11-12,15,17,19-20H,2-6,9-10,13-14H2,1H3. The quantitative estimate of drug-likeness (QED) is 0.837. The molecule has 1 atom stereocenters. The van der Waals surface area contributed by atoms with Gasteiger partial charge in [-0.2, -0.15) is 0 Å². The van der Waals surface area contributed by atoms with Gasteiger partial charge in [0.1, 0.15) is 5.75 Å². The Labute approximate surface area is 128 Å². The molecule has 118 valence electrons. The van der Waals surface area contributed by atoms with E-state index in [-0.39, 0.29) is 0 Å². The highest BCUT2D eigenvalue weighted by Gasteiger charge is 2.14. The van der Waals surface area contributed by atoms with Gasteiger partial charge in [0.05, 0.1) is 13.2 Å². The van der Waals surface area contributed by atoms with Crippen LogP contribution in [0.3, 0.4) is 0 Å². The summed E-state index contributed by atoms with van der Waals surface area (Å²) in [5.74, 6) is 0.774. The van der Waals surface area contributed by atoms with E-state index in [1.807, 2.05) is 24.3 Å². The first-order valence-corrected chi connectivity index (χ1v) is 8.35. The van der Waals surface area contributed by atoms with Crippen molar-refractivity contribution in [2.45, 2.75) is 63.5 Å². The van der Waals surface area contributed by atoms with Gasteiger partial charge in [0.15, 0.2) is 0 Å². The number of aliphatic hydroxyl groups excluding tert-OH is 1. The fourth-order valence-corrected chi connectivity index (χ4v) is 3.18. The molecule has 2 rings (SSSR count). The molecule has 0 saturated heterocycles. The Kier molecular flexibility index (Phi) is 7.04. The molecule has 21 heavy (non-hydrogen) atoms. The van der Waals surface area contributed by atoms with Crippen LogP contribution in [0.5, 0.6) is 5.75 Å². The van der Waals surface area contributed by atoms with Gasteiger partial charge in [0.25, 0.3) is 0 Å². The molecule has 1 aliphatic rings. The van der Waals surface area contributed by atoms with Gasteiger partial charge in [0.2, 0.25) is 0 Å². The van der Waals surface area contributed by atoms with Crippen LogP contribution in [0.1, 0.15) is 63.0 Å². The maximum absolute atomic E-state index is 10.3. The van der Waals surface area contributed by atoms with Gasteiger partial charge >= 0.3 is 0 Å². The number of nitrogens with one attached hydrogen (secondary N) is 1. The van der Waals surface area contributed by atoms with Crippen molar-refractivity contribution in [3.63, 3.8) is 0 Å². The summed E-state index contributed by atoms with van der Waals surface area (Å²) in [7, 11) is 1.65. The van der Waals surface area contributed by atoms with Crippen LogP contribution in [-0.4, -0.2) is 24.8 Å². The summed E-state index contributed by atoms with van der Waals surface area (Å²) >= 11 is 0. The van der Waals surface area contributed by atoms with E-state index in [0.29, 0.717) is 6.04 Å². The highest BCUT2D eigenvalue weighted by molar-refractivity contribution is 5.34. The third-order valence-electron chi connectivity index (χ3n) is 4.45. The lowest BCUT2D eigenvalue weighted by Crippen LogP contribution is -2.31. The van der Waals surface area contributed by atoms with Crippen molar-refractivity contribution in [1.82, 2.24) is 5.32 Å². The van der Waals surface area contributed by atoms with Crippen LogP contribution in [0.25, 0.3) is 0 Å². The summed E-state index contributed by atoms with van der Waals surface area (Å²) in [5, 5.41) is 14.0. The van der Waals surface area contributed by atoms with E-state index in [1.165, 1.54) is 44.9 Å². The fourth-order valence-electron chi connectivity index (χ4n) is 3.18. The van der Waals surface area contributed by atoms with Crippen molar-refractivity contribution in [2.75, 3.05) is 13.7 Å². The molecule has 1 aromatic carbocycles. The van der Waals surface area contributed by atoms with Crippen LogP contribution in [0.15, 0.2) is 24.3 Å². The minimum Gasteiger partial charge on any atom is -0.496 e. The summed E-state index contributed by atoms with van der Waals surface area (Å²) in [5.41, 5.74) is 0.888. The Morgan fingerprint density at radius 1 is 1.14 bits per heavy atom. The molecule has 2 N–H and O–H groups in total. The Bertz CT molecular complexity index is 400. The average Bonchev–Trinajstić information content (AvgIpc) is 2.49. The largest absolute Gasteiger partial charge is 0.496 e. The third kappa shape index (κ3) is 5.33. The Morgan fingerprint density at radius 3 is 2.52 bits per heavy atom. The lowest BCUT2D eigenvalue weighted by Gasteiger charge is -2.22. The summed E-state index contributed by atoms with van der Waals surface area (Å²) in [4.78, 5) is 0. The van der Waals surface area contributed by atoms with Gasteiger partial charge in [-0.15, -0.1) is 0 Å². The molecule has 3 heteroatoms. The van der Waals surface area contributed by atoms with E-state index in [1.54, 1.807) is 7.11 Å². The van der Waals surface area contributed by atoms with E-state index < -0.39 is 6.10 Å². The highest BCUT2D eigenvalue weighted by Crippen LogP contribution is 2.26. The summed E-state index contributed by atoms with van der Waals surface area (Å²) in [6.45, 7) is 0.865. The molecule has 1 aromatic rings. The van der Waals surface area contributed by atoms with Gasteiger partial charge in [-0.05, 0) is 31.9 Å². The second-order valence-corrected chi connectivity index (χ2v) is 6.04. The molecule has 0 aromatic heterocycles. The zero-order valence-corrected chi connectivity index (χ0v) is 13.2. The number of ether oxygens (including phenoxy) is 1. The topological polar surface area (TPSA) is 41.5 Å². The van der Waals surface area contributed by atoms with Crippen molar-refractivity contribution >= 4 is 0 Å². The number of hydrogen-bond donors (Lipinski definition) is 2. The fraction of sp³-hybridized carbons (Fsp3) is 0.667. The second-order valence-electron chi connectivity index (χ2n) is 6.04. The number of rotatable bonds is 6. The molecule has 0 spiro atoms. The van der Waals surface area contributed by atoms with Crippen molar-refractivity contribution < 1.29 is 9.84 Å². The first kappa shape index (κ1) is 16.3. The number of hydrogen-bond acceptors (Lipinski definition) is 3. The van der Waals surface area contributed by atoms with Gasteiger partial charge in [0, 0.05) is 11.6 Å². The SMILES string of the molecule is COc1ccccc1C(O)CCNC1CCCCCCC1. The molecule has 1 fully saturated rings.